The highest BCUT2D eigenvalue weighted by molar-refractivity contribution is 6.00. The van der Waals surface area contributed by atoms with Crippen LogP contribution in [0.15, 0.2) is 94.4 Å². The van der Waals surface area contributed by atoms with Gasteiger partial charge in [0.2, 0.25) is 0 Å². The number of furan rings is 1. The number of nitrogens with one attached hydrogen (secondary N) is 1. The minimum atomic E-state index is -0.414. The molecule has 28 heavy (non-hydrogen) atoms. The molecule has 3 aromatic carbocycles. The molecule has 1 amide bonds. The molecule has 0 bridgehead atoms. The van der Waals surface area contributed by atoms with Gasteiger partial charge in [0.15, 0.2) is 5.76 Å². The van der Waals surface area contributed by atoms with E-state index in [0.29, 0.717) is 5.76 Å². The second-order valence-electron chi connectivity index (χ2n) is 6.14. The van der Waals surface area contributed by atoms with Crippen molar-refractivity contribution in [3.05, 3.63) is 102 Å². The Morgan fingerprint density at radius 3 is 2.61 bits per heavy atom. The smallest absolute Gasteiger partial charge is 0.307 e. The van der Waals surface area contributed by atoms with E-state index in [9.17, 15) is 4.79 Å². The number of hydrogen-bond acceptors (Lipinski definition) is 4. The maximum Gasteiger partial charge on any atom is 0.307 e. The lowest BCUT2D eigenvalue weighted by Crippen LogP contribution is -2.16. The largest absolute Gasteiger partial charge is 0.486 e. The maximum atomic E-state index is 12.2. The van der Waals surface area contributed by atoms with Gasteiger partial charge in [-0.15, -0.1) is 0 Å². The summed E-state index contributed by atoms with van der Waals surface area (Å²) in [5, 5.41) is 6.24. The van der Waals surface area contributed by atoms with Crippen molar-refractivity contribution in [1.29, 1.82) is 0 Å². The van der Waals surface area contributed by atoms with E-state index in [-0.39, 0.29) is 12.4 Å². The summed E-state index contributed by atoms with van der Waals surface area (Å²) in [6.07, 6.45) is 1.63. The average molecular weight is 370 g/mol. The molecule has 0 fully saturated rings. The molecule has 1 aromatic heterocycles. The van der Waals surface area contributed by atoms with Crippen molar-refractivity contribution < 1.29 is 13.9 Å². The predicted molar refractivity (Wildman–Crippen MR) is 108 cm³/mol. The van der Waals surface area contributed by atoms with Crippen LogP contribution in [0.1, 0.15) is 21.9 Å². The van der Waals surface area contributed by atoms with Gasteiger partial charge in [0.25, 0.3) is 0 Å². The van der Waals surface area contributed by atoms with Gasteiger partial charge in [0.05, 0.1) is 6.21 Å². The van der Waals surface area contributed by atoms with Crippen molar-refractivity contribution in [2.24, 2.45) is 5.10 Å². The van der Waals surface area contributed by atoms with Crippen molar-refractivity contribution in [3.63, 3.8) is 0 Å². The monoisotopic (exact) mass is 370 g/mol. The van der Waals surface area contributed by atoms with Gasteiger partial charge >= 0.3 is 5.91 Å². The molecule has 4 aromatic rings. The van der Waals surface area contributed by atoms with Gasteiger partial charge in [-0.2, -0.15) is 5.10 Å². The summed E-state index contributed by atoms with van der Waals surface area (Å²) in [5.41, 5.74) is 3.42. The van der Waals surface area contributed by atoms with Crippen LogP contribution in [0.4, 0.5) is 0 Å². The molecule has 5 heteroatoms. The Morgan fingerprint density at radius 1 is 0.929 bits per heavy atom. The van der Waals surface area contributed by atoms with Crippen LogP contribution in [-0.2, 0) is 6.61 Å². The molecule has 5 nitrogen and oxygen atoms in total. The Kier molecular flexibility index (Phi) is 5.15. The molecule has 0 aliphatic heterocycles. The van der Waals surface area contributed by atoms with Gasteiger partial charge in [-0.05, 0) is 35.0 Å². The van der Waals surface area contributed by atoms with Gasteiger partial charge in [0.1, 0.15) is 18.1 Å². The van der Waals surface area contributed by atoms with Crippen LogP contribution in [0, 0.1) is 0 Å². The number of fused-ring (bicyclic) bond motifs is 1. The second kappa shape index (κ2) is 8.22. The second-order valence-corrected chi connectivity index (χ2v) is 6.14. The van der Waals surface area contributed by atoms with Gasteiger partial charge < -0.3 is 9.15 Å². The first-order chi connectivity index (χ1) is 13.8. The summed E-state index contributed by atoms with van der Waals surface area (Å²) in [6, 6.07) is 26.7. The number of amides is 1. The summed E-state index contributed by atoms with van der Waals surface area (Å²) >= 11 is 0. The zero-order valence-electron chi connectivity index (χ0n) is 15.0. The lowest BCUT2D eigenvalue weighted by Gasteiger charge is -2.03. The Morgan fingerprint density at radius 2 is 1.71 bits per heavy atom. The molecule has 1 N–H and O–H groups in total. The third-order valence-corrected chi connectivity index (χ3v) is 4.20. The molecule has 0 unspecified atom stereocenters. The highest BCUT2D eigenvalue weighted by Gasteiger charge is 2.11. The zero-order valence-corrected chi connectivity index (χ0v) is 15.0. The van der Waals surface area contributed by atoms with Crippen LogP contribution in [-0.4, -0.2) is 12.1 Å². The molecule has 0 aliphatic rings. The van der Waals surface area contributed by atoms with Crippen molar-refractivity contribution in [2.45, 2.75) is 6.61 Å². The van der Waals surface area contributed by atoms with Gasteiger partial charge in [-0.25, -0.2) is 5.43 Å². The van der Waals surface area contributed by atoms with E-state index in [1.54, 1.807) is 18.3 Å². The van der Waals surface area contributed by atoms with E-state index in [0.717, 1.165) is 22.1 Å². The Labute approximate surface area is 162 Å². The number of carbonyl (C=O) groups is 1. The fraction of sp³-hybridized carbons (Fsp3) is 0.0435. The normalized spacial score (nSPS) is 11.0. The lowest BCUT2D eigenvalue weighted by atomic mass is 10.1. The minimum Gasteiger partial charge on any atom is -0.486 e. The molecular formula is C23H18N2O3. The number of para-hydroxylation sites is 1. The van der Waals surface area contributed by atoms with Crippen LogP contribution < -0.4 is 10.2 Å². The zero-order chi connectivity index (χ0) is 19.2. The number of nitrogens with zero attached hydrogens (tertiary/aromatic N) is 1. The van der Waals surface area contributed by atoms with E-state index >= 15 is 0 Å². The third kappa shape index (κ3) is 4.10. The van der Waals surface area contributed by atoms with Crippen LogP contribution in [0.25, 0.3) is 10.8 Å². The number of hydrazone groups is 1. The van der Waals surface area contributed by atoms with Crippen molar-refractivity contribution >= 4 is 22.9 Å². The molecular weight excluding hydrogens is 352 g/mol. The Balaban J connectivity index is 1.37. The first kappa shape index (κ1) is 17.5. The SMILES string of the molecule is O=C(N/N=C\c1cccc2ccccc12)c1ccc(COc2ccccc2)o1. The molecule has 0 saturated carbocycles. The van der Waals surface area contributed by atoms with Gasteiger partial charge in [-0.1, -0.05) is 60.7 Å². The first-order valence-corrected chi connectivity index (χ1v) is 8.87. The summed E-state index contributed by atoms with van der Waals surface area (Å²) in [4.78, 5) is 12.2. The third-order valence-electron chi connectivity index (χ3n) is 4.20. The highest BCUT2D eigenvalue weighted by atomic mass is 16.5. The molecule has 0 saturated heterocycles. The number of rotatable bonds is 6. The topological polar surface area (TPSA) is 63.8 Å². The molecule has 4 rings (SSSR count). The van der Waals surface area contributed by atoms with Crippen molar-refractivity contribution in [2.75, 3.05) is 0 Å². The molecule has 0 radical (unpaired) electrons. The lowest BCUT2D eigenvalue weighted by molar-refractivity contribution is 0.0923. The Hall–Kier alpha value is -3.86. The van der Waals surface area contributed by atoms with Crippen molar-refractivity contribution in [1.82, 2.24) is 5.43 Å². The summed E-state index contributed by atoms with van der Waals surface area (Å²) in [7, 11) is 0. The first-order valence-electron chi connectivity index (χ1n) is 8.87. The molecule has 1 heterocycles. The van der Waals surface area contributed by atoms with E-state index in [2.05, 4.69) is 10.5 Å². The number of ether oxygens (including phenoxy) is 1. The van der Waals surface area contributed by atoms with E-state index in [1.807, 2.05) is 72.8 Å². The molecule has 0 aliphatic carbocycles. The van der Waals surface area contributed by atoms with Gasteiger partial charge in [0, 0.05) is 5.56 Å². The summed E-state index contributed by atoms with van der Waals surface area (Å²) in [6.45, 7) is 0.247. The van der Waals surface area contributed by atoms with E-state index in [1.165, 1.54) is 0 Å². The van der Waals surface area contributed by atoms with Crippen LogP contribution in [0.2, 0.25) is 0 Å². The number of hydrogen-bond donors (Lipinski definition) is 1. The van der Waals surface area contributed by atoms with Crippen molar-refractivity contribution in [3.8, 4) is 5.75 Å². The number of benzene rings is 3. The van der Waals surface area contributed by atoms with Gasteiger partial charge in [-0.3, -0.25) is 4.79 Å². The predicted octanol–water partition coefficient (Wildman–Crippen LogP) is 4.78. The highest BCUT2D eigenvalue weighted by Crippen LogP contribution is 2.17. The Bertz CT molecular complexity index is 1110. The van der Waals surface area contributed by atoms with Crippen LogP contribution in [0.5, 0.6) is 5.75 Å². The standard InChI is InChI=1S/C23H18N2O3/c26-23(22-14-13-20(28-22)16-27-19-10-2-1-3-11-19)25-24-15-18-9-6-8-17-7-4-5-12-21(17)18/h1-15H,16H2,(H,25,26)/b24-15-. The average Bonchev–Trinajstić information content (AvgIpc) is 3.22. The van der Waals surface area contributed by atoms with E-state index < -0.39 is 5.91 Å². The fourth-order valence-electron chi connectivity index (χ4n) is 2.83. The molecule has 138 valence electrons. The summed E-state index contributed by atoms with van der Waals surface area (Å²) < 4.78 is 11.1. The van der Waals surface area contributed by atoms with E-state index in [4.69, 9.17) is 9.15 Å². The maximum absolute atomic E-state index is 12.2. The number of carbonyl (C=O) groups excluding carboxylic acids is 1. The quantitative estimate of drug-likeness (QED) is 0.393. The van der Waals surface area contributed by atoms with Crippen LogP contribution in [0.3, 0.4) is 0 Å². The molecule has 0 spiro atoms. The summed E-state index contributed by atoms with van der Waals surface area (Å²) in [5.74, 6) is 1.07. The van der Waals surface area contributed by atoms with Crippen LogP contribution >= 0.6 is 0 Å². The molecule has 0 atom stereocenters. The fourth-order valence-corrected chi connectivity index (χ4v) is 2.83. The minimum absolute atomic E-state index is 0.182.